The van der Waals surface area contributed by atoms with Gasteiger partial charge in [0.15, 0.2) is 0 Å². The summed E-state index contributed by atoms with van der Waals surface area (Å²) in [6, 6.07) is 8.82. The van der Waals surface area contributed by atoms with Crippen LogP contribution >= 0.6 is 0 Å². The second-order valence-corrected chi connectivity index (χ2v) is 8.90. The molecule has 0 radical (unpaired) electrons. The van der Waals surface area contributed by atoms with Gasteiger partial charge in [0.25, 0.3) is 5.91 Å². The number of benzene rings is 1. The lowest BCUT2D eigenvalue weighted by molar-refractivity contribution is -0.119. The third-order valence-electron chi connectivity index (χ3n) is 6.54. The molecule has 0 aliphatic heterocycles. The van der Waals surface area contributed by atoms with Crippen molar-refractivity contribution in [3.63, 3.8) is 0 Å². The van der Waals surface area contributed by atoms with Crippen LogP contribution in [0.2, 0.25) is 0 Å². The van der Waals surface area contributed by atoms with Gasteiger partial charge in [-0.25, -0.2) is 4.98 Å². The number of nitrogens with one attached hydrogen (secondary N) is 2. The van der Waals surface area contributed by atoms with Gasteiger partial charge in [0, 0.05) is 31.5 Å². The topological polar surface area (TPSA) is 93.8 Å². The normalized spacial score (nSPS) is 15.6. The number of anilines is 1. The van der Waals surface area contributed by atoms with Gasteiger partial charge in [-0.15, -0.1) is 0 Å². The van der Waals surface area contributed by atoms with Crippen LogP contribution in [0.5, 0.6) is 0 Å². The van der Waals surface area contributed by atoms with Crippen molar-refractivity contribution in [2.24, 2.45) is 20.0 Å². The van der Waals surface area contributed by atoms with E-state index in [2.05, 4.69) is 20.7 Å². The SMILES string of the molecule is Cc1ncn(C)c1-c1ccc(NC(=O)[C@@H](NC(=O)c2ccnn2C)C2CCCCCC2)cc1. The summed E-state index contributed by atoms with van der Waals surface area (Å²) in [4.78, 5) is 30.6. The first-order chi connectivity index (χ1) is 15.9. The van der Waals surface area contributed by atoms with E-state index in [4.69, 9.17) is 0 Å². The fourth-order valence-corrected chi connectivity index (χ4v) is 4.74. The van der Waals surface area contributed by atoms with Crippen molar-refractivity contribution in [2.75, 3.05) is 5.32 Å². The molecule has 4 rings (SSSR count). The minimum absolute atomic E-state index is 0.112. The maximum Gasteiger partial charge on any atom is 0.270 e. The summed E-state index contributed by atoms with van der Waals surface area (Å²) in [7, 11) is 3.69. The van der Waals surface area contributed by atoms with Gasteiger partial charge in [-0.05, 0) is 43.9 Å². The summed E-state index contributed by atoms with van der Waals surface area (Å²) in [6.07, 6.45) is 9.75. The number of carbonyl (C=O) groups excluding carboxylic acids is 2. The van der Waals surface area contributed by atoms with Crippen molar-refractivity contribution in [3.05, 3.63) is 54.2 Å². The molecular formula is C25H32N6O2. The molecule has 174 valence electrons. The predicted octanol–water partition coefficient (Wildman–Crippen LogP) is 3.84. The summed E-state index contributed by atoms with van der Waals surface area (Å²) in [6.45, 7) is 1.98. The van der Waals surface area contributed by atoms with Crippen LogP contribution < -0.4 is 10.6 Å². The van der Waals surface area contributed by atoms with E-state index in [0.717, 1.165) is 42.6 Å². The Balaban J connectivity index is 1.52. The highest BCUT2D eigenvalue weighted by atomic mass is 16.2. The number of aryl methyl sites for hydroxylation is 3. The maximum absolute atomic E-state index is 13.4. The van der Waals surface area contributed by atoms with Gasteiger partial charge in [-0.3, -0.25) is 14.3 Å². The third kappa shape index (κ3) is 5.16. The molecule has 2 N–H and O–H groups in total. The van der Waals surface area contributed by atoms with Crippen molar-refractivity contribution in [1.82, 2.24) is 24.6 Å². The highest BCUT2D eigenvalue weighted by molar-refractivity contribution is 6.00. The monoisotopic (exact) mass is 448 g/mol. The number of aromatic nitrogens is 4. The van der Waals surface area contributed by atoms with Crippen LogP contribution in [0, 0.1) is 12.8 Å². The molecule has 8 heteroatoms. The summed E-state index contributed by atoms with van der Waals surface area (Å²) in [5.41, 5.74) is 4.19. The largest absolute Gasteiger partial charge is 0.339 e. The molecule has 0 bridgehead atoms. The minimum Gasteiger partial charge on any atom is -0.339 e. The number of hydrogen-bond donors (Lipinski definition) is 2. The highest BCUT2D eigenvalue weighted by Gasteiger charge is 2.31. The fourth-order valence-electron chi connectivity index (χ4n) is 4.74. The molecular weight excluding hydrogens is 416 g/mol. The fraction of sp³-hybridized carbons (Fsp3) is 0.440. The average Bonchev–Trinajstić information content (AvgIpc) is 3.26. The number of amides is 2. The smallest absolute Gasteiger partial charge is 0.270 e. The van der Waals surface area contributed by atoms with Crippen molar-refractivity contribution in [3.8, 4) is 11.3 Å². The predicted molar refractivity (Wildman–Crippen MR) is 128 cm³/mol. The van der Waals surface area contributed by atoms with E-state index in [9.17, 15) is 9.59 Å². The molecule has 1 aliphatic rings. The molecule has 1 aromatic carbocycles. The van der Waals surface area contributed by atoms with Gasteiger partial charge >= 0.3 is 0 Å². The van der Waals surface area contributed by atoms with Gasteiger partial charge < -0.3 is 15.2 Å². The third-order valence-corrected chi connectivity index (χ3v) is 6.54. The number of rotatable bonds is 6. The molecule has 0 spiro atoms. The van der Waals surface area contributed by atoms with Gasteiger partial charge in [0.1, 0.15) is 11.7 Å². The van der Waals surface area contributed by atoms with E-state index in [1.165, 1.54) is 17.5 Å². The number of hydrogen-bond acceptors (Lipinski definition) is 4. The summed E-state index contributed by atoms with van der Waals surface area (Å²) >= 11 is 0. The Morgan fingerprint density at radius 1 is 1.03 bits per heavy atom. The van der Waals surface area contributed by atoms with E-state index < -0.39 is 6.04 Å². The Morgan fingerprint density at radius 2 is 1.73 bits per heavy atom. The minimum atomic E-state index is -0.593. The van der Waals surface area contributed by atoms with Crippen molar-refractivity contribution < 1.29 is 9.59 Å². The van der Waals surface area contributed by atoms with E-state index in [0.29, 0.717) is 11.4 Å². The Labute approximate surface area is 194 Å². The zero-order valence-corrected chi connectivity index (χ0v) is 19.5. The second kappa shape index (κ2) is 10.0. The molecule has 1 aliphatic carbocycles. The maximum atomic E-state index is 13.4. The van der Waals surface area contributed by atoms with Crippen LogP contribution in [0.25, 0.3) is 11.3 Å². The molecule has 0 unspecified atom stereocenters. The van der Waals surface area contributed by atoms with Crippen LogP contribution in [-0.4, -0.2) is 37.2 Å². The lowest BCUT2D eigenvalue weighted by atomic mass is 9.91. The summed E-state index contributed by atoms with van der Waals surface area (Å²) in [5, 5.41) is 10.1. The molecule has 2 amide bonds. The molecule has 1 atom stereocenters. The number of imidazole rings is 1. The van der Waals surface area contributed by atoms with Crippen LogP contribution in [0.4, 0.5) is 5.69 Å². The first kappa shape index (κ1) is 22.8. The number of nitrogens with zero attached hydrogens (tertiary/aromatic N) is 4. The van der Waals surface area contributed by atoms with Crippen molar-refractivity contribution in [2.45, 2.75) is 51.5 Å². The van der Waals surface area contributed by atoms with Crippen LogP contribution in [-0.2, 0) is 18.9 Å². The van der Waals surface area contributed by atoms with Crippen LogP contribution in [0.1, 0.15) is 54.7 Å². The molecule has 1 fully saturated rings. The molecule has 2 heterocycles. The molecule has 2 aromatic heterocycles. The van der Waals surface area contributed by atoms with E-state index in [1.54, 1.807) is 25.6 Å². The van der Waals surface area contributed by atoms with Gasteiger partial charge in [-0.1, -0.05) is 37.8 Å². The Kier molecular flexibility index (Phi) is 6.91. The Morgan fingerprint density at radius 3 is 2.30 bits per heavy atom. The molecule has 8 nitrogen and oxygen atoms in total. The number of carbonyl (C=O) groups is 2. The van der Waals surface area contributed by atoms with E-state index in [1.807, 2.05) is 42.8 Å². The van der Waals surface area contributed by atoms with Crippen molar-refractivity contribution >= 4 is 17.5 Å². The second-order valence-electron chi connectivity index (χ2n) is 8.90. The summed E-state index contributed by atoms with van der Waals surface area (Å²) in [5.74, 6) is -0.343. The first-order valence-electron chi connectivity index (χ1n) is 11.6. The molecule has 0 saturated heterocycles. The lowest BCUT2D eigenvalue weighted by Crippen LogP contribution is -2.48. The Hall–Kier alpha value is -3.42. The molecule has 3 aromatic rings. The molecule has 1 saturated carbocycles. The standard InChI is InChI=1S/C25H32N6O2/c1-17-23(30(2)16-26-17)19-10-12-20(13-11-19)28-25(33)22(18-8-6-4-5-7-9-18)29-24(32)21-14-15-27-31(21)3/h10-16,18,22H,4-9H2,1-3H3,(H,28,33)(H,29,32)/t22-/m0/s1. The Bertz CT molecular complexity index is 1090. The van der Waals surface area contributed by atoms with Crippen LogP contribution in [0.3, 0.4) is 0 Å². The zero-order valence-electron chi connectivity index (χ0n) is 19.5. The lowest BCUT2D eigenvalue weighted by Gasteiger charge is -2.26. The van der Waals surface area contributed by atoms with E-state index >= 15 is 0 Å². The zero-order chi connectivity index (χ0) is 23.4. The quantitative estimate of drug-likeness (QED) is 0.560. The van der Waals surface area contributed by atoms with Crippen LogP contribution in [0.15, 0.2) is 42.9 Å². The van der Waals surface area contributed by atoms with Gasteiger partial charge in [0.05, 0.1) is 17.7 Å². The summed E-state index contributed by atoms with van der Waals surface area (Å²) < 4.78 is 3.51. The van der Waals surface area contributed by atoms with Gasteiger partial charge in [-0.2, -0.15) is 5.10 Å². The van der Waals surface area contributed by atoms with Gasteiger partial charge in [0.2, 0.25) is 5.91 Å². The van der Waals surface area contributed by atoms with Crippen molar-refractivity contribution in [1.29, 1.82) is 0 Å². The highest BCUT2D eigenvalue weighted by Crippen LogP contribution is 2.27. The average molecular weight is 449 g/mol. The molecule has 33 heavy (non-hydrogen) atoms. The van der Waals surface area contributed by atoms with E-state index in [-0.39, 0.29) is 17.7 Å². The first-order valence-corrected chi connectivity index (χ1v) is 11.6.